The molecule has 2 fully saturated rings. The number of rotatable bonds is 5. The summed E-state index contributed by atoms with van der Waals surface area (Å²) in [6.07, 6.45) is 4.41. The maximum atomic E-state index is 13.4. The molecule has 2 aromatic carbocycles. The largest absolute Gasteiger partial charge is 0.367 e. The van der Waals surface area contributed by atoms with Crippen molar-refractivity contribution < 1.29 is 18.0 Å². The van der Waals surface area contributed by atoms with Gasteiger partial charge in [-0.15, -0.1) is 0 Å². The molecule has 0 aliphatic carbocycles. The third-order valence-electron chi connectivity index (χ3n) is 8.82. The second-order valence-corrected chi connectivity index (χ2v) is 13.3. The second-order valence-electron chi connectivity index (χ2n) is 11.4. The number of aromatic nitrogens is 1. The first kappa shape index (κ1) is 27.4. The zero-order chi connectivity index (χ0) is 28.8. The van der Waals surface area contributed by atoms with Crippen LogP contribution >= 0.6 is 0 Å². The summed E-state index contributed by atoms with van der Waals surface area (Å²) in [6.45, 7) is 5.55. The molecule has 0 radical (unpaired) electrons. The second kappa shape index (κ2) is 10.6. The smallest absolute Gasteiger partial charge is 0.243 e. The Balaban J connectivity index is 1.15. The van der Waals surface area contributed by atoms with Crippen LogP contribution in [-0.4, -0.2) is 66.6 Å². The van der Waals surface area contributed by atoms with Crippen LogP contribution in [0.4, 0.5) is 11.5 Å². The monoisotopic (exact) mass is 573 g/mol. The number of benzene rings is 2. The molecule has 0 atom stereocenters. The standard InChI is InChI=1S/C31H35N5O4S/c1-21-3-10-29(32-20-21)33-25-11-15-36(16-12-25)41(39,40)26-7-4-23(5-8-26)24-6-9-28-27(19-24)31(30(38)34-28)13-17-35(18-14-31)22(2)37/h3-10,19-20,25H,11-18H2,1-2H3,(H,32,33)(H,34,38). The lowest BCUT2D eigenvalue weighted by Gasteiger charge is -2.37. The van der Waals surface area contributed by atoms with Gasteiger partial charge < -0.3 is 15.5 Å². The highest BCUT2D eigenvalue weighted by Gasteiger charge is 2.48. The van der Waals surface area contributed by atoms with Crippen LogP contribution in [0.5, 0.6) is 0 Å². The van der Waals surface area contributed by atoms with Gasteiger partial charge in [-0.25, -0.2) is 13.4 Å². The molecular formula is C31H35N5O4S. The van der Waals surface area contributed by atoms with E-state index in [4.69, 9.17) is 0 Å². The number of piperidine rings is 2. The van der Waals surface area contributed by atoms with Crippen molar-refractivity contribution in [2.75, 3.05) is 36.8 Å². The average molecular weight is 574 g/mol. The minimum atomic E-state index is -3.61. The summed E-state index contributed by atoms with van der Waals surface area (Å²) < 4.78 is 28.4. The van der Waals surface area contributed by atoms with Crippen molar-refractivity contribution in [2.45, 2.75) is 55.9 Å². The summed E-state index contributed by atoms with van der Waals surface area (Å²) >= 11 is 0. The topological polar surface area (TPSA) is 112 Å². The lowest BCUT2D eigenvalue weighted by atomic mass is 9.73. The van der Waals surface area contributed by atoms with Gasteiger partial charge in [0.05, 0.1) is 10.3 Å². The van der Waals surface area contributed by atoms with E-state index >= 15 is 0 Å². The Morgan fingerprint density at radius 1 is 0.976 bits per heavy atom. The van der Waals surface area contributed by atoms with Crippen molar-refractivity contribution in [2.24, 2.45) is 0 Å². The number of amides is 2. The average Bonchev–Trinajstić information content (AvgIpc) is 3.24. The van der Waals surface area contributed by atoms with E-state index < -0.39 is 15.4 Å². The van der Waals surface area contributed by atoms with Gasteiger partial charge >= 0.3 is 0 Å². The van der Waals surface area contributed by atoms with Crippen LogP contribution in [-0.2, 0) is 25.0 Å². The summed E-state index contributed by atoms with van der Waals surface area (Å²) in [5, 5.41) is 6.45. The summed E-state index contributed by atoms with van der Waals surface area (Å²) in [7, 11) is -3.61. The quantitative estimate of drug-likeness (QED) is 0.474. The molecule has 1 spiro atoms. The Hall–Kier alpha value is -3.76. The molecule has 6 rings (SSSR count). The Morgan fingerprint density at radius 2 is 1.66 bits per heavy atom. The summed E-state index contributed by atoms with van der Waals surface area (Å²) in [4.78, 5) is 31.4. The van der Waals surface area contributed by atoms with E-state index in [0.717, 1.165) is 33.8 Å². The SMILES string of the molecule is CC(=O)N1CCC2(CC1)C(=O)Nc1ccc(-c3ccc(S(=O)(=O)N4CCC(Nc5ccc(C)cn5)CC4)cc3)cc12. The fraction of sp³-hybridized carbons (Fsp3) is 0.387. The normalized spacial score (nSPS) is 19.2. The van der Waals surface area contributed by atoms with Crippen LogP contribution in [0.3, 0.4) is 0 Å². The van der Waals surface area contributed by atoms with Crippen LogP contribution in [0, 0.1) is 6.92 Å². The van der Waals surface area contributed by atoms with E-state index in [1.165, 1.54) is 0 Å². The van der Waals surface area contributed by atoms with Crippen molar-refractivity contribution in [1.82, 2.24) is 14.2 Å². The van der Waals surface area contributed by atoms with E-state index in [9.17, 15) is 18.0 Å². The minimum absolute atomic E-state index is 0.0107. The summed E-state index contributed by atoms with van der Waals surface area (Å²) in [6, 6.07) is 17.1. The molecule has 0 unspecified atom stereocenters. The molecule has 1 aromatic heterocycles. The van der Waals surface area contributed by atoms with Crippen molar-refractivity contribution in [3.8, 4) is 11.1 Å². The number of carbonyl (C=O) groups is 2. The van der Waals surface area contributed by atoms with Gasteiger partial charge in [0.1, 0.15) is 5.82 Å². The maximum Gasteiger partial charge on any atom is 0.243 e. The zero-order valence-electron chi connectivity index (χ0n) is 23.4. The van der Waals surface area contributed by atoms with E-state index in [2.05, 4.69) is 15.6 Å². The molecule has 3 aliphatic rings. The van der Waals surface area contributed by atoms with Gasteiger partial charge in [-0.1, -0.05) is 24.3 Å². The van der Waals surface area contributed by atoms with Gasteiger partial charge in [-0.05, 0) is 85.2 Å². The van der Waals surface area contributed by atoms with Crippen LogP contribution in [0.15, 0.2) is 65.7 Å². The number of anilines is 2. The number of sulfonamides is 1. The first-order valence-electron chi connectivity index (χ1n) is 14.2. The number of pyridine rings is 1. The van der Waals surface area contributed by atoms with Gasteiger partial charge in [0, 0.05) is 51.0 Å². The fourth-order valence-electron chi connectivity index (χ4n) is 6.26. The molecule has 10 heteroatoms. The van der Waals surface area contributed by atoms with Crippen LogP contribution < -0.4 is 10.6 Å². The first-order valence-corrected chi connectivity index (χ1v) is 15.6. The van der Waals surface area contributed by atoms with E-state index in [0.29, 0.717) is 51.9 Å². The minimum Gasteiger partial charge on any atom is -0.367 e. The number of aryl methyl sites for hydroxylation is 1. The van der Waals surface area contributed by atoms with E-state index in [1.54, 1.807) is 28.3 Å². The van der Waals surface area contributed by atoms with Crippen molar-refractivity contribution >= 4 is 33.3 Å². The lowest BCUT2D eigenvalue weighted by molar-refractivity contribution is -0.133. The zero-order valence-corrected chi connectivity index (χ0v) is 24.2. The number of hydrogen-bond acceptors (Lipinski definition) is 6. The molecular weight excluding hydrogens is 538 g/mol. The number of likely N-dealkylation sites (tertiary alicyclic amines) is 1. The first-order chi connectivity index (χ1) is 19.7. The van der Waals surface area contributed by atoms with Gasteiger partial charge in [0.15, 0.2) is 0 Å². The highest BCUT2D eigenvalue weighted by molar-refractivity contribution is 7.89. The highest BCUT2D eigenvalue weighted by atomic mass is 32.2. The van der Waals surface area contributed by atoms with Gasteiger partial charge in [0.25, 0.3) is 0 Å². The molecule has 214 valence electrons. The van der Waals surface area contributed by atoms with Crippen LogP contribution in [0.25, 0.3) is 11.1 Å². The Labute approximate surface area is 241 Å². The van der Waals surface area contributed by atoms with Crippen LogP contribution in [0.2, 0.25) is 0 Å². The molecule has 3 aromatic rings. The molecule has 9 nitrogen and oxygen atoms in total. The molecule has 2 N–H and O–H groups in total. The van der Waals surface area contributed by atoms with Gasteiger partial charge in [-0.2, -0.15) is 4.31 Å². The molecule has 0 saturated carbocycles. The molecule has 2 saturated heterocycles. The predicted octanol–water partition coefficient (Wildman–Crippen LogP) is 4.15. The highest BCUT2D eigenvalue weighted by Crippen LogP contribution is 2.46. The molecule has 4 heterocycles. The Kier molecular flexibility index (Phi) is 7.07. The predicted molar refractivity (Wildman–Crippen MR) is 158 cm³/mol. The third-order valence-corrected chi connectivity index (χ3v) is 10.7. The van der Waals surface area contributed by atoms with E-state index in [1.807, 2.05) is 55.6 Å². The van der Waals surface area contributed by atoms with E-state index in [-0.39, 0.29) is 22.8 Å². The number of hydrogen-bond donors (Lipinski definition) is 2. The summed E-state index contributed by atoms with van der Waals surface area (Å²) in [5.74, 6) is 0.831. The number of nitrogens with zero attached hydrogens (tertiary/aromatic N) is 3. The van der Waals surface area contributed by atoms with Gasteiger partial charge in [0.2, 0.25) is 21.8 Å². The summed E-state index contributed by atoms with van der Waals surface area (Å²) in [5.41, 5.74) is 4.03. The van der Waals surface area contributed by atoms with Crippen molar-refractivity contribution in [3.05, 3.63) is 71.9 Å². The number of carbonyl (C=O) groups excluding carboxylic acids is 2. The molecule has 3 aliphatic heterocycles. The Bertz CT molecular complexity index is 1570. The number of nitrogens with one attached hydrogen (secondary N) is 2. The molecule has 2 amide bonds. The maximum absolute atomic E-state index is 13.4. The van der Waals surface area contributed by atoms with Crippen molar-refractivity contribution in [1.29, 1.82) is 0 Å². The molecule has 41 heavy (non-hydrogen) atoms. The number of fused-ring (bicyclic) bond motifs is 2. The fourth-order valence-corrected chi connectivity index (χ4v) is 7.73. The van der Waals surface area contributed by atoms with Crippen molar-refractivity contribution in [3.63, 3.8) is 0 Å². The third kappa shape index (κ3) is 5.10. The van der Waals surface area contributed by atoms with Crippen LogP contribution in [0.1, 0.15) is 43.7 Å². The molecule has 0 bridgehead atoms. The van der Waals surface area contributed by atoms with Gasteiger partial charge in [-0.3, -0.25) is 9.59 Å². The lowest BCUT2D eigenvalue weighted by Crippen LogP contribution is -2.47. The Morgan fingerprint density at radius 3 is 2.29 bits per heavy atom.